The lowest BCUT2D eigenvalue weighted by Crippen LogP contribution is -2.35. The van der Waals surface area contributed by atoms with Crippen LogP contribution >= 0.6 is 0 Å². The topological polar surface area (TPSA) is 70.7 Å². The Morgan fingerprint density at radius 1 is 1.67 bits per heavy atom. The molecular weight excluding hydrogens is 192 g/mol. The first-order valence-corrected chi connectivity index (χ1v) is 4.69. The van der Waals surface area contributed by atoms with E-state index in [4.69, 9.17) is 5.26 Å². The van der Waals surface area contributed by atoms with E-state index in [-0.39, 0.29) is 12.5 Å². The van der Waals surface area contributed by atoms with Crippen molar-refractivity contribution >= 4 is 5.91 Å². The van der Waals surface area contributed by atoms with E-state index in [9.17, 15) is 4.79 Å². The van der Waals surface area contributed by atoms with Gasteiger partial charge in [0.1, 0.15) is 6.54 Å². The molecule has 0 fully saturated rings. The van der Waals surface area contributed by atoms with Crippen molar-refractivity contribution in [1.29, 1.82) is 5.26 Å². The SMILES string of the molecule is CC(C)(C#N)CNC(=O)Cn1cccn1. The summed E-state index contributed by atoms with van der Waals surface area (Å²) in [6.07, 6.45) is 3.33. The molecule has 1 N–H and O–H groups in total. The molecule has 1 heterocycles. The van der Waals surface area contributed by atoms with Crippen molar-refractivity contribution in [2.24, 2.45) is 5.41 Å². The number of rotatable bonds is 4. The maximum absolute atomic E-state index is 11.4. The van der Waals surface area contributed by atoms with Gasteiger partial charge in [-0.2, -0.15) is 10.4 Å². The quantitative estimate of drug-likeness (QED) is 0.782. The van der Waals surface area contributed by atoms with Gasteiger partial charge in [0.15, 0.2) is 0 Å². The van der Waals surface area contributed by atoms with Gasteiger partial charge in [-0.25, -0.2) is 0 Å². The molecule has 5 nitrogen and oxygen atoms in total. The molecule has 0 radical (unpaired) electrons. The fourth-order valence-corrected chi connectivity index (χ4v) is 0.956. The van der Waals surface area contributed by atoms with Gasteiger partial charge in [-0.05, 0) is 19.9 Å². The molecule has 1 rings (SSSR count). The molecule has 0 bridgehead atoms. The predicted octanol–water partition coefficient (Wildman–Crippen LogP) is 0.549. The van der Waals surface area contributed by atoms with Crippen LogP contribution in [-0.4, -0.2) is 22.2 Å². The molecular formula is C10H14N4O. The lowest BCUT2D eigenvalue weighted by Gasteiger charge is -2.15. The lowest BCUT2D eigenvalue weighted by atomic mass is 9.96. The van der Waals surface area contributed by atoms with Crippen LogP contribution in [0.15, 0.2) is 18.5 Å². The molecule has 1 aromatic rings. The molecule has 0 atom stereocenters. The number of carbonyl (C=O) groups excluding carboxylic acids is 1. The Morgan fingerprint density at radius 3 is 2.93 bits per heavy atom. The summed E-state index contributed by atoms with van der Waals surface area (Å²) in [5, 5.41) is 15.3. The second-order valence-electron chi connectivity index (χ2n) is 3.98. The third kappa shape index (κ3) is 3.81. The molecule has 5 heteroatoms. The Balaban J connectivity index is 2.35. The van der Waals surface area contributed by atoms with Crippen LogP contribution < -0.4 is 5.32 Å². The van der Waals surface area contributed by atoms with E-state index in [1.165, 1.54) is 4.68 Å². The zero-order valence-electron chi connectivity index (χ0n) is 8.90. The Kier molecular flexibility index (Phi) is 3.45. The van der Waals surface area contributed by atoms with Gasteiger partial charge in [0, 0.05) is 18.9 Å². The molecule has 0 aliphatic carbocycles. The first-order chi connectivity index (χ1) is 7.03. The Morgan fingerprint density at radius 2 is 2.40 bits per heavy atom. The van der Waals surface area contributed by atoms with Gasteiger partial charge >= 0.3 is 0 Å². The van der Waals surface area contributed by atoms with Crippen LogP contribution in [0, 0.1) is 16.7 Å². The average molecular weight is 206 g/mol. The minimum absolute atomic E-state index is 0.137. The normalized spacial score (nSPS) is 10.7. The molecule has 1 aromatic heterocycles. The van der Waals surface area contributed by atoms with Crippen molar-refractivity contribution in [3.8, 4) is 6.07 Å². The largest absolute Gasteiger partial charge is 0.353 e. The first-order valence-electron chi connectivity index (χ1n) is 4.69. The smallest absolute Gasteiger partial charge is 0.241 e. The molecule has 0 unspecified atom stereocenters. The maximum atomic E-state index is 11.4. The molecule has 0 aliphatic rings. The van der Waals surface area contributed by atoms with Crippen molar-refractivity contribution in [3.05, 3.63) is 18.5 Å². The Bertz CT molecular complexity index is 361. The summed E-state index contributed by atoms with van der Waals surface area (Å²) in [6.45, 7) is 4.10. The monoisotopic (exact) mass is 206 g/mol. The van der Waals surface area contributed by atoms with Gasteiger partial charge in [0.2, 0.25) is 5.91 Å². The van der Waals surface area contributed by atoms with Gasteiger partial charge in [-0.15, -0.1) is 0 Å². The van der Waals surface area contributed by atoms with Crippen LogP contribution in [0.25, 0.3) is 0 Å². The molecule has 0 aliphatic heterocycles. The van der Waals surface area contributed by atoms with Gasteiger partial charge < -0.3 is 5.32 Å². The number of aromatic nitrogens is 2. The Labute approximate surface area is 88.7 Å². The fourth-order valence-electron chi connectivity index (χ4n) is 0.956. The van der Waals surface area contributed by atoms with Crippen molar-refractivity contribution in [3.63, 3.8) is 0 Å². The maximum Gasteiger partial charge on any atom is 0.241 e. The number of amides is 1. The zero-order valence-corrected chi connectivity index (χ0v) is 8.90. The van der Waals surface area contributed by atoms with Crippen molar-refractivity contribution in [1.82, 2.24) is 15.1 Å². The second-order valence-corrected chi connectivity index (χ2v) is 3.98. The molecule has 0 aromatic carbocycles. The predicted molar refractivity (Wildman–Crippen MR) is 54.6 cm³/mol. The number of hydrogen-bond donors (Lipinski definition) is 1. The minimum atomic E-state index is -0.528. The van der Waals surface area contributed by atoms with E-state index in [1.54, 1.807) is 32.3 Å². The van der Waals surface area contributed by atoms with Crippen molar-refractivity contribution in [2.75, 3.05) is 6.54 Å². The minimum Gasteiger partial charge on any atom is -0.353 e. The Hall–Kier alpha value is -1.83. The highest BCUT2D eigenvalue weighted by Crippen LogP contribution is 2.10. The first kappa shape index (κ1) is 11.2. The van der Waals surface area contributed by atoms with E-state index in [2.05, 4.69) is 16.5 Å². The molecule has 0 saturated carbocycles. The van der Waals surface area contributed by atoms with Crippen molar-refractivity contribution < 1.29 is 4.79 Å². The van der Waals surface area contributed by atoms with Gasteiger partial charge in [0.25, 0.3) is 0 Å². The number of hydrogen-bond acceptors (Lipinski definition) is 3. The van der Waals surface area contributed by atoms with Gasteiger partial charge in [-0.1, -0.05) is 0 Å². The summed E-state index contributed by atoms with van der Waals surface area (Å²) < 4.78 is 1.54. The van der Waals surface area contributed by atoms with Crippen molar-refractivity contribution in [2.45, 2.75) is 20.4 Å². The highest BCUT2D eigenvalue weighted by molar-refractivity contribution is 5.75. The van der Waals surface area contributed by atoms with Crippen LogP contribution in [0.1, 0.15) is 13.8 Å². The molecule has 15 heavy (non-hydrogen) atoms. The molecule has 0 saturated heterocycles. The summed E-state index contributed by atoms with van der Waals surface area (Å²) in [6, 6.07) is 3.87. The van der Waals surface area contributed by atoms with Crippen LogP contribution in [0.2, 0.25) is 0 Å². The highest BCUT2D eigenvalue weighted by Gasteiger charge is 2.17. The summed E-state index contributed by atoms with van der Waals surface area (Å²) >= 11 is 0. The van der Waals surface area contributed by atoms with E-state index in [1.807, 2.05) is 0 Å². The summed E-state index contributed by atoms with van der Waals surface area (Å²) in [4.78, 5) is 11.4. The third-order valence-corrected chi connectivity index (χ3v) is 1.89. The average Bonchev–Trinajstić information content (AvgIpc) is 2.68. The van der Waals surface area contributed by atoms with E-state index in [0.29, 0.717) is 6.54 Å². The summed E-state index contributed by atoms with van der Waals surface area (Å²) in [5.41, 5.74) is -0.528. The van der Waals surface area contributed by atoms with E-state index >= 15 is 0 Å². The van der Waals surface area contributed by atoms with E-state index in [0.717, 1.165) is 0 Å². The number of nitriles is 1. The van der Waals surface area contributed by atoms with Crippen LogP contribution in [0.3, 0.4) is 0 Å². The third-order valence-electron chi connectivity index (χ3n) is 1.89. The molecule has 1 amide bonds. The second kappa shape index (κ2) is 4.60. The fraction of sp³-hybridized carbons (Fsp3) is 0.500. The van der Waals surface area contributed by atoms with E-state index < -0.39 is 5.41 Å². The van der Waals surface area contributed by atoms with Crippen LogP contribution in [0.4, 0.5) is 0 Å². The van der Waals surface area contributed by atoms with Gasteiger partial charge in [-0.3, -0.25) is 9.48 Å². The molecule has 0 spiro atoms. The number of nitrogens with one attached hydrogen (secondary N) is 1. The standard InChI is InChI=1S/C10H14N4O/c1-10(2,7-11)8-12-9(15)6-14-5-3-4-13-14/h3-5H,6,8H2,1-2H3,(H,12,15). The lowest BCUT2D eigenvalue weighted by molar-refractivity contribution is -0.122. The summed E-state index contributed by atoms with van der Waals surface area (Å²) in [5.74, 6) is -0.137. The zero-order chi connectivity index (χ0) is 11.3. The van der Waals surface area contributed by atoms with Crippen LogP contribution in [0.5, 0.6) is 0 Å². The highest BCUT2D eigenvalue weighted by atomic mass is 16.2. The number of nitrogens with zero attached hydrogens (tertiary/aromatic N) is 3. The number of carbonyl (C=O) groups is 1. The summed E-state index contributed by atoms with van der Waals surface area (Å²) in [7, 11) is 0. The van der Waals surface area contributed by atoms with Gasteiger partial charge in [0.05, 0.1) is 11.5 Å². The van der Waals surface area contributed by atoms with Crippen LogP contribution in [-0.2, 0) is 11.3 Å². The molecule has 80 valence electrons.